The lowest BCUT2D eigenvalue weighted by Gasteiger charge is -2.39. The molecule has 0 saturated carbocycles. The van der Waals surface area contributed by atoms with Crippen LogP contribution in [-0.4, -0.2) is 49.8 Å². The highest BCUT2D eigenvalue weighted by Gasteiger charge is 2.29. The van der Waals surface area contributed by atoms with Crippen molar-refractivity contribution in [2.75, 3.05) is 38.2 Å². The molecule has 126 valence electrons. The third-order valence-electron chi connectivity index (χ3n) is 4.82. The molecule has 1 aromatic carbocycles. The fourth-order valence-corrected chi connectivity index (χ4v) is 3.16. The number of anilines is 1. The molecule has 1 aliphatic heterocycles. The fraction of sp³-hybridized carbons (Fsp3) is 0.368. The van der Waals surface area contributed by atoms with Crippen molar-refractivity contribution in [1.82, 2.24) is 4.90 Å². The van der Waals surface area contributed by atoms with Crippen molar-refractivity contribution in [2.24, 2.45) is 0 Å². The number of allylic oxidation sites excluding steroid dienone is 3. The number of carbonyl (C=O) groups is 2. The first-order chi connectivity index (χ1) is 11.5. The summed E-state index contributed by atoms with van der Waals surface area (Å²) in [5, 5.41) is 0. The average Bonchev–Trinajstić information content (AvgIpc) is 2.63. The van der Waals surface area contributed by atoms with E-state index in [2.05, 4.69) is 4.90 Å². The Kier molecular flexibility index (Phi) is 4.42. The second-order valence-corrected chi connectivity index (χ2v) is 6.12. The van der Waals surface area contributed by atoms with Crippen LogP contribution >= 0.6 is 0 Å². The molecule has 0 radical (unpaired) electrons. The third-order valence-corrected chi connectivity index (χ3v) is 4.82. The Labute approximate surface area is 142 Å². The summed E-state index contributed by atoms with van der Waals surface area (Å²) in [6.07, 6.45) is 1.49. The number of rotatable bonds is 3. The van der Waals surface area contributed by atoms with Crippen LogP contribution in [0.1, 0.15) is 13.8 Å². The van der Waals surface area contributed by atoms with Gasteiger partial charge in [0.2, 0.25) is 5.78 Å². The maximum absolute atomic E-state index is 12.5. The van der Waals surface area contributed by atoms with E-state index in [1.54, 1.807) is 21.0 Å². The van der Waals surface area contributed by atoms with Crippen molar-refractivity contribution in [3.8, 4) is 5.75 Å². The van der Waals surface area contributed by atoms with Crippen LogP contribution < -0.4 is 9.64 Å². The highest BCUT2D eigenvalue weighted by atomic mass is 16.5. The van der Waals surface area contributed by atoms with Crippen LogP contribution in [0.4, 0.5) is 5.69 Å². The van der Waals surface area contributed by atoms with E-state index in [1.165, 1.54) is 6.08 Å². The summed E-state index contributed by atoms with van der Waals surface area (Å²) in [6, 6.07) is 7.93. The van der Waals surface area contributed by atoms with Gasteiger partial charge < -0.3 is 14.5 Å². The van der Waals surface area contributed by atoms with Crippen LogP contribution in [0.15, 0.2) is 47.2 Å². The van der Waals surface area contributed by atoms with Crippen molar-refractivity contribution in [3.63, 3.8) is 0 Å². The lowest BCUT2D eigenvalue weighted by Crippen LogP contribution is -2.47. The molecule has 1 saturated heterocycles. The second kappa shape index (κ2) is 6.51. The van der Waals surface area contributed by atoms with Crippen LogP contribution in [-0.2, 0) is 9.59 Å². The van der Waals surface area contributed by atoms with E-state index in [0.717, 1.165) is 24.5 Å². The number of Topliss-reactive ketones (excluding diaryl/α,β-unsaturated/α-hetero) is 1. The van der Waals surface area contributed by atoms with Gasteiger partial charge in [-0.3, -0.25) is 9.59 Å². The minimum absolute atomic E-state index is 0.0298. The molecule has 3 rings (SSSR count). The van der Waals surface area contributed by atoms with E-state index in [9.17, 15) is 9.59 Å². The van der Waals surface area contributed by atoms with Gasteiger partial charge in [-0.15, -0.1) is 0 Å². The molecule has 2 aliphatic rings. The summed E-state index contributed by atoms with van der Waals surface area (Å²) >= 11 is 0. The molecular formula is C19H22N2O3. The van der Waals surface area contributed by atoms with Crippen molar-refractivity contribution in [1.29, 1.82) is 0 Å². The second-order valence-electron chi connectivity index (χ2n) is 6.12. The summed E-state index contributed by atoms with van der Waals surface area (Å²) in [7, 11) is 1.67. The lowest BCUT2D eigenvalue weighted by atomic mass is 9.94. The fourth-order valence-electron chi connectivity index (χ4n) is 3.16. The molecule has 1 fully saturated rings. The molecule has 0 unspecified atom stereocenters. The average molecular weight is 326 g/mol. The molecular weight excluding hydrogens is 304 g/mol. The van der Waals surface area contributed by atoms with Gasteiger partial charge in [-0.2, -0.15) is 0 Å². The number of piperazine rings is 1. The maximum Gasteiger partial charge on any atom is 0.205 e. The van der Waals surface area contributed by atoms with Gasteiger partial charge in [0.25, 0.3) is 0 Å². The van der Waals surface area contributed by atoms with Crippen LogP contribution in [0.5, 0.6) is 5.75 Å². The number of hydrogen-bond acceptors (Lipinski definition) is 5. The first-order valence-corrected chi connectivity index (χ1v) is 8.14. The van der Waals surface area contributed by atoms with E-state index in [1.807, 2.05) is 29.2 Å². The number of benzene rings is 1. The first kappa shape index (κ1) is 16.3. The SMILES string of the molecule is COc1ccccc1N1CCN(C2=CC(=O)C(C)=C(C)C2=O)CC1. The molecule has 0 N–H and O–H groups in total. The Hall–Kier alpha value is -2.56. The summed E-state index contributed by atoms with van der Waals surface area (Å²) in [5.74, 6) is 0.760. The van der Waals surface area contributed by atoms with E-state index >= 15 is 0 Å². The predicted molar refractivity (Wildman–Crippen MR) is 93.3 cm³/mol. The molecule has 0 aromatic heterocycles. The number of hydrogen-bond donors (Lipinski definition) is 0. The Morgan fingerprint density at radius 3 is 2.21 bits per heavy atom. The molecule has 1 aliphatic carbocycles. The van der Waals surface area contributed by atoms with Gasteiger partial charge >= 0.3 is 0 Å². The number of para-hydroxylation sites is 2. The van der Waals surface area contributed by atoms with Crippen molar-refractivity contribution in [2.45, 2.75) is 13.8 Å². The number of ether oxygens (including phenoxy) is 1. The maximum atomic E-state index is 12.5. The molecule has 0 spiro atoms. The lowest BCUT2D eigenvalue weighted by molar-refractivity contribution is -0.117. The summed E-state index contributed by atoms with van der Waals surface area (Å²) in [5.41, 5.74) is 2.70. The summed E-state index contributed by atoms with van der Waals surface area (Å²) in [6.45, 7) is 6.41. The molecule has 0 atom stereocenters. The Morgan fingerprint density at radius 2 is 1.54 bits per heavy atom. The monoisotopic (exact) mass is 326 g/mol. The van der Waals surface area contributed by atoms with Crippen LogP contribution in [0.25, 0.3) is 0 Å². The van der Waals surface area contributed by atoms with Crippen LogP contribution in [0, 0.1) is 0 Å². The largest absolute Gasteiger partial charge is 0.495 e. The standard InChI is InChI=1S/C19H22N2O3/c1-13-14(2)19(23)16(12-17(13)22)21-10-8-20(9-11-21)15-6-4-5-7-18(15)24-3/h4-7,12H,8-11H2,1-3H3. The molecule has 0 bridgehead atoms. The predicted octanol–water partition coefficient (Wildman–Crippen LogP) is 2.19. The van der Waals surface area contributed by atoms with Gasteiger partial charge in [0.1, 0.15) is 5.75 Å². The normalized spacial score (nSPS) is 18.9. The zero-order chi connectivity index (χ0) is 17.3. The summed E-state index contributed by atoms with van der Waals surface area (Å²) < 4.78 is 5.43. The number of nitrogens with zero attached hydrogens (tertiary/aromatic N) is 2. The summed E-state index contributed by atoms with van der Waals surface area (Å²) in [4.78, 5) is 28.8. The van der Waals surface area contributed by atoms with Crippen molar-refractivity contribution in [3.05, 3.63) is 47.2 Å². The zero-order valence-corrected chi connectivity index (χ0v) is 14.3. The highest BCUT2D eigenvalue weighted by molar-refractivity contribution is 6.22. The smallest absolute Gasteiger partial charge is 0.205 e. The van der Waals surface area contributed by atoms with Crippen LogP contribution in [0.2, 0.25) is 0 Å². The highest BCUT2D eigenvalue weighted by Crippen LogP contribution is 2.29. The van der Waals surface area contributed by atoms with Gasteiger partial charge in [0.15, 0.2) is 5.78 Å². The molecule has 1 heterocycles. The Balaban J connectivity index is 1.73. The minimum atomic E-state index is -0.0609. The van der Waals surface area contributed by atoms with Crippen molar-refractivity contribution < 1.29 is 14.3 Å². The Bertz CT molecular complexity index is 741. The van der Waals surface area contributed by atoms with E-state index < -0.39 is 0 Å². The third kappa shape index (κ3) is 2.82. The topological polar surface area (TPSA) is 49.9 Å². The zero-order valence-electron chi connectivity index (χ0n) is 14.3. The van der Waals surface area contributed by atoms with E-state index in [4.69, 9.17) is 4.74 Å². The molecule has 0 amide bonds. The van der Waals surface area contributed by atoms with Gasteiger partial charge in [0, 0.05) is 43.4 Å². The molecule has 1 aromatic rings. The van der Waals surface area contributed by atoms with Crippen molar-refractivity contribution >= 4 is 17.3 Å². The van der Waals surface area contributed by atoms with Crippen LogP contribution in [0.3, 0.4) is 0 Å². The molecule has 5 nitrogen and oxygen atoms in total. The number of carbonyl (C=O) groups excluding carboxylic acids is 2. The van der Waals surface area contributed by atoms with Gasteiger partial charge in [-0.05, 0) is 26.0 Å². The quantitative estimate of drug-likeness (QED) is 0.797. The van der Waals surface area contributed by atoms with E-state index in [-0.39, 0.29) is 11.6 Å². The molecule has 24 heavy (non-hydrogen) atoms. The number of ketones is 2. The first-order valence-electron chi connectivity index (χ1n) is 8.14. The Morgan fingerprint density at radius 1 is 0.917 bits per heavy atom. The van der Waals surface area contributed by atoms with Gasteiger partial charge in [-0.1, -0.05) is 12.1 Å². The van der Waals surface area contributed by atoms with Gasteiger partial charge in [0.05, 0.1) is 18.5 Å². The van der Waals surface area contributed by atoms with Gasteiger partial charge in [-0.25, -0.2) is 0 Å². The van der Waals surface area contributed by atoms with E-state index in [0.29, 0.717) is 29.9 Å². The molecule has 5 heteroatoms. The number of methoxy groups -OCH3 is 1. The minimum Gasteiger partial charge on any atom is -0.495 e.